The Balaban J connectivity index is 1.34. The molecule has 2 aromatic heterocycles. The van der Waals surface area contributed by atoms with Gasteiger partial charge in [0.2, 0.25) is 11.8 Å². The molecule has 0 spiro atoms. The summed E-state index contributed by atoms with van der Waals surface area (Å²) < 4.78 is 4.93. The Morgan fingerprint density at radius 2 is 2.14 bits per heavy atom. The molecule has 28 heavy (non-hydrogen) atoms. The minimum Gasteiger partial charge on any atom is -0.360 e. The molecule has 0 radical (unpaired) electrons. The van der Waals surface area contributed by atoms with Crippen LogP contribution in [0.2, 0.25) is 0 Å². The Morgan fingerprint density at radius 3 is 2.79 bits per heavy atom. The van der Waals surface area contributed by atoms with E-state index in [-0.39, 0.29) is 17.1 Å². The molecule has 2 amide bonds. The lowest BCUT2D eigenvalue weighted by atomic mass is 10.2. The largest absolute Gasteiger partial charge is 0.360 e. The maximum atomic E-state index is 12.5. The summed E-state index contributed by atoms with van der Waals surface area (Å²) in [6, 6.07) is 5.92. The first-order valence-electron chi connectivity index (χ1n) is 9.39. The van der Waals surface area contributed by atoms with E-state index in [1.165, 1.54) is 16.6 Å². The van der Waals surface area contributed by atoms with Gasteiger partial charge < -0.3 is 14.7 Å². The van der Waals surface area contributed by atoms with Gasteiger partial charge in [0.1, 0.15) is 5.76 Å². The molecule has 9 heteroatoms. The van der Waals surface area contributed by atoms with Crippen molar-refractivity contribution < 1.29 is 14.1 Å². The van der Waals surface area contributed by atoms with Crippen LogP contribution in [0.5, 0.6) is 0 Å². The molecule has 2 aromatic rings. The van der Waals surface area contributed by atoms with E-state index in [1.807, 2.05) is 4.90 Å². The number of nitrogens with one attached hydrogen (secondary N) is 1. The standard InChI is InChI=1S/C19H26N4O3S2/c1-14-12-17(21-26-14)20-19(25)15(2)28-13-18(24)23-9-7-22(8-10-23)6-5-16-4-3-11-27-16/h3-4,11-12,15H,5-10,13H2,1-2H3,(H,20,21,25). The fourth-order valence-electron chi connectivity index (χ4n) is 2.96. The van der Waals surface area contributed by atoms with E-state index < -0.39 is 0 Å². The van der Waals surface area contributed by atoms with Crippen molar-refractivity contribution in [3.63, 3.8) is 0 Å². The topological polar surface area (TPSA) is 78.7 Å². The summed E-state index contributed by atoms with van der Waals surface area (Å²) in [6.07, 6.45) is 1.07. The third-order valence-electron chi connectivity index (χ3n) is 4.68. The molecule has 1 N–H and O–H groups in total. The molecule has 1 aliphatic rings. The molecule has 3 heterocycles. The fourth-order valence-corrected chi connectivity index (χ4v) is 4.44. The van der Waals surface area contributed by atoms with E-state index >= 15 is 0 Å². The number of aromatic nitrogens is 1. The number of thioether (sulfide) groups is 1. The molecule has 0 aromatic carbocycles. The van der Waals surface area contributed by atoms with Crippen LogP contribution in [0.15, 0.2) is 28.1 Å². The van der Waals surface area contributed by atoms with E-state index in [0.717, 1.165) is 39.1 Å². The Morgan fingerprint density at radius 1 is 1.36 bits per heavy atom. The van der Waals surface area contributed by atoms with Crippen molar-refractivity contribution in [3.8, 4) is 0 Å². The van der Waals surface area contributed by atoms with Gasteiger partial charge in [-0.15, -0.1) is 23.1 Å². The first kappa shape index (κ1) is 20.9. The van der Waals surface area contributed by atoms with Gasteiger partial charge in [-0.1, -0.05) is 11.2 Å². The van der Waals surface area contributed by atoms with Gasteiger partial charge in [-0.2, -0.15) is 0 Å². The lowest BCUT2D eigenvalue weighted by molar-refractivity contribution is -0.130. The maximum absolute atomic E-state index is 12.5. The Kier molecular flexibility index (Phi) is 7.52. The first-order chi connectivity index (χ1) is 13.5. The smallest absolute Gasteiger partial charge is 0.238 e. The zero-order valence-corrected chi connectivity index (χ0v) is 17.9. The number of amides is 2. The van der Waals surface area contributed by atoms with Crippen LogP contribution in [0.1, 0.15) is 17.6 Å². The molecule has 1 unspecified atom stereocenters. The van der Waals surface area contributed by atoms with Crippen LogP contribution < -0.4 is 5.32 Å². The van der Waals surface area contributed by atoms with E-state index in [0.29, 0.717) is 17.3 Å². The second-order valence-corrected chi connectivity index (χ2v) is 9.18. The third kappa shape index (κ3) is 6.08. The minimum atomic E-state index is -0.340. The fraction of sp³-hybridized carbons (Fsp3) is 0.526. The first-order valence-corrected chi connectivity index (χ1v) is 11.3. The number of nitrogens with zero attached hydrogens (tertiary/aromatic N) is 3. The number of carbonyl (C=O) groups is 2. The number of hydrogen-bond donors (Lipinski definition) is 1. The monoisotopic (exact) mass is 422 g/mol. The van der Waals surface area contributed by atoms with Gasteiger partial charge in [0.15, 0.2) is 5.82 Å². The van der Waals surface area contributed by atoms with Crippen molar-refractivity contribution in [3.05, 3.63) is 34.2 Å². The SMILES string of the molecule is Cc1cc(NC(=O)C(C)SCC(=O)N2CCN(CCc3cccs3)CC2)no1. The molecule has 1 aliphatic heterocycles. The molecule has 7 nitrogen and oxygen atoms in total. The third-order valence-corrected chi connectivity index (χ3v) is 6.75. The number of anilines is 1. The summed E-state index contributed by atoms with van der Waals surface area (Å²) >= 11 is 3.14. The molecule has 3 rings (SSSR count). The molecule has 152 valence electrons. The summed E-state index contributed by atoms with van der Waals surface area (Å²) in [5.41, 5.74) is 0. The van der Waals surface area contributed by atoms with Gasteiger partial charge in [-0.3, -0.25) is 14.5 Å². The van der Waals surface area contributed by atoms with Crippen LogP contribution in [0.3, 0.4) is 0 Å². The summed E-state index contributed by atoms with van der Waals surface area (Å²) in [6.45, 7) is 7.91. The van der Waals surface area contributed by atoms with Gasteiger partial charge in [-0.05, 0) is 31.7 Å². The summed E-state index contributed by atoms with van der Waals surface area (Å²) in [7, 11) is 0. The van der Waals surface area contributed by atoms with Gasteiger partial charge in [0.25, 0.3) is 0 Å². The minimum absolute atomic E-state index is 0.0971. The maximum Gasteiger partial charge on any atom is 0.238 e. The summed E-state index contributed by atoms with van der Waals surface area (Å²) in [5.74, 6) is 1.27. The van der Waals surface area contributed by atoms with E-state index in [1.54, 1.807) is 31.3 Å². The highest BCUT2D eigenvalue weighted by molar-refractivity contribution is 8.01. The molecule has 1 atom stereocenters. The van der Waals surface area contributed by atoms with Crippen molar-refractivity contribution >= 4 is 40.7 Å². The molecule has 1 fully saturated rings. The van der Waals surface area contributed by atoms with Gasteiger partial charge >= 0.3 is 0 Å². The molecule has 0 aliphatic carbocycles. The number of thiophene rings is 1. The van der Waals surface area contributed by atoms with E-state index in [9.17, 15) is 9.59 Å². The second kappa shape index (κ2) is 10.1. The highest BCUT2D eigenvalue weighted by Crippen LogP contribution is 2.16. The van der Waals surface area contributed by atoms with Crippen molar-refractivity contribution in [2.24, 2.45) is 0 Å². The average Bonchev–Trinajstić information content (AvgIpc) is 3.36. The molecule has 0 bridgehead atoms. The van der Waals surface area contributed by atoms with E-state index in [4.69, 9.17) is 4.52 Å². The summed E-state index contributed by atoms with van der Waals surface area (Å²) in [4.78, 5) is 30.4. The van der Waals surface area contributed by atoms with Crippen LogP contribution >= 0.6 is 23.1 Å². The van der Waals surface area contributed by atoms with Gasteiger partial charge in [-0.25, -0.2) is 0 Å². The van der Waals surface area contributed by atoms with Gasteiger partial charge in [0, 0.05) is 43.7 Å². The lowest BCUT2D eigenvalue weighted by Gasteiger charge is -2.34. The Labute approximate surface area is 173 Å². The number of carbonyl (C=O) groups excluding carboxylic acids is 2. The predicted octanol–water partition coefficient (Wildman–Crippen LogP) is 2.49. The van der Waals surface area contributed by atoms with Crippen LogP contribution in [0.4, 0.5) is 5.82 Å². The zero-order valence-electron chi connectivity index (χ0n) is 16.2. The van der Waals surface area contributed by atoms with Crippen molar-refractivity contribution in [1.82, 2.24) is 15.0 Å². The summed E-state index contributed by atoms with van der Waals surface area (Å²) in [5, 5.41) is 8.22. The number of piperazine rings is 1. The normalized spacial score (nSPS) is 16.1. The van der Waals surface area contributed by atoms with E-state index in [2.05, 4.69) is 32.9 Å². The zero-order chi connectivity index (χ0) is 19.9. The van der Waals surface area contributed by atoms with Crippen molar-refractivity contribution in [1.29, 1.82) is 0 Å². The highest BCUT2D eigenvalue weighted by atomic mass is 32.2. The average molecular weight is 423 g/mol. The van der Waals surface area contributed by atoms with Crippen LogP contribution in [0, 0.1) is 6.92 Å². The van der Waals surface area contributed by atoms with Crippen LogP contribution in [-0.4, -0.2) is 70.5 Å². The number of rotatable bonds is 8. The quantitative estimate of drug-likeness (QED) is 0.704. The predicted molar refractivity (Wildman–Crippen MR) is 113 cm³/mol. The second-order valence-electron chi connectivity index (χ2n) is 6.82. The van der Waals surface area contributed by atoms with Crippen LogP contribution in [0.25, 0.3) is 0 Å². The van der Waals surface area contributed by atoms with Crippen molar-refractivity contribution in [2.45, 2.75) is 25.5 Å². The number of hydrogen-bond acceptors (Lipinski definition) is 7. The van der Waals surface area contributed by atoms with Gasteiger partial charge in [0.05, 0.1) is 11.0 Å². The Bertz CT molecular complexity index is 770. The molecule has 0 saturated carbocycles. The molecule has 1 saturated heterocycles. The highest BCUT2D eigenvalue weighted by Gasteiger charge is 2.23. The Hall–Kier alpha value is -1.84. The molecular weight excluding hydrogens is 396 g/mol. The number of aryl methyl sites for hydroxylation is 1. The van der Waals surface area contributed by atoms with Crippen LogP contribution in [-0.2, 0) is 16.0 Å². The molecular formula is C19H26N4O3S2. The lowest BCUT2D eigenvalue weighted by Crippen LogP contribution is -2.49. The van der Waals surface area contributed by atoms with Crippen molar-refractivity contribution in [2.75, 3.05) is 43.8 Å².